The molecule has 2 aromatic carbocycles. The standard InChI is InChI=1S/C26H27NO4/c1-30-22-10-20(26-12-15-7-16(13-26)9-17(8-15)14-26)21(11-23(22)31-2)27-24(28)18-5-3-4-6-19(18)25(27)29/h3-6,10-11,15-17H,7-9,12-14H2,1-2H3. The molecule has 0 radical (unpaired) electrons. The molecule has 0 N–H and O–H groups in total. The van der Waals surface area contributed by atoms with E-state index in [1.54, 1.807) is 26.4 Å². The number of benzene rings is 2. The summed E-state index contributed by atoms with van der Waals surface area (Å²) in [5.41, 5.74) is 2.70. The maximum atomic E-state index is 13.4. The normalized spacial score (nSPS) is 30.6. The maximum absolute atomic E-state index is 13.4. The Hall–Kier alpha value is -2.82. The molecule has 5 aliphatic rings. The van der Waals surface area contributed by atoms with Crippen molar-refractivity contribution >= 4 is 17.5 Å². The van der Waals surface area contributed by atoms with Crippen LogP contribution in [0.2, 0.25) is 0 Å². The van der Waals surface area contributed by atoms with Gasteiger partial charge in [0.15, 0.2) is 11.5 Å². The quantitative estimate of drug-likeness (QED) is 0.659. The average molecular weight is 418 g/mol. The first-order valence-electron chi connectivity index (χ1n) is 11.3. The number of hydrogen-bond donors (Lipinski definition) is 0. The zero-order chi connectivity index (χ0) is 21.3. The lowest BCUT2D eigenvalue weighted by Gasteiger charge is -2.57. The second-order valence-electron chi connectivity index (χ2n) is 9.91. The molecule has 0 unspecified atom stereocenters. The summed E-state index contributed by atoms with van der Waals surface area (Å²) in [6.45, 7) is 0. The third-order valence-corrected chi connectivity index (χ3v) is 8.15. The van der Waals surface area contributed by atoms with E-state index in [4.69, 9.17) is 9.47 Å². The highest BCUT2D eigenvalue weighted by atomic mass is 16.5. The molecule has 7 rings (SSSR count). The van der Waals surface area contributed by atoms with Crippen molar-refractivity contribution in [1.29, 1.82) is 0 Å². The molecule has 4 saturated carbocycles. The van der Waals surface area contributed by atoms with Gasteiger partial charge in [-0.05, 0) is 85.5 Å². The largest absolute Gasteiger partial charge is 0.493 e. The number of methoxy groups -OCH3 is 2. The van der Waals surface area contributed by atoms with Gasteiger partial charge in [-0.15, -0.1) is 0 Å². The van der Waals surface area contributed by atoms with Gasteiger partial charge in [0.2, 0.25) is 0 Å². The smallest absolute Gasteiger partial charge is 0.266 e. The number of carbonyl (C=O) groups is 2. The van der Waals surface area contributed by atoms with Crippen molar-refractivity contribution < 1.29 is 19.1 Å². The fraction of sp³-hybridized carbons (Fsp3) is 0.462. The maximum Gasteiger partial charge on any atom is 0.266 e. The Bertz CT molecular complexity index is 1030. The molecular weight excluding hydrogens is 390 g/mol. The van der Waals surface area contributed by atoms with Crippen LogP contribution < -0.4 is 14.4 Å². The second-order valence-corrected chi connectivity index (χ2v) is 9.91. The summed E-state index contributed by atoms with van der Waals surface area (Å²) in [6.07, 6.45) is 7.37. The Kier molecular flexibility index (Phi) is 4.02. The first-order valence-corrected chi connectivity index (χ1v) is 11.3. The monoisotopic (exact) mass is 417 g/mol. The molecule has 0 spiro atoms. The fourth-order valence-electron chi connectivity index (χ4n) is 7.33. The molecule has 4 bridgehead atoms. The fourth-order valence-corrected chi connectivity index (χ4v) is 7.33. The minimum Gasteiger partial charge on any atom is -0.493 e. The molecule has 1 aliphatic heterocycles. The molecule has 5 nitrogen and oxygen atoms in total. The van der Waals surface area contributed by atoms with Gasteiger partial charge in [0.1, 0.15) is 0 Å². The van der Waals surface area contributed by atoms with Crippen LogP contribution in [-0.4, -0.2) is 26.0 Å². The summed E-state index contributed by atoms with van der Waals surface area (Å²) in [5.74, 6) is 2.94. The number of amides is 2. The molecule has 4 aliphatic carbocycles. The Balaban J connectivity index is 1.55. The number of anilines is 1. The van der Waals surface area contributed by atoms with Crippen LogP contribution in [0.1, 0.15) is 64.8 Å². The molecule has 4 fully saturated rings. The van der Waals surface area contributed by atoms with Crippen molar-refractivity contribution in [2.75, 3.05) is 19.1 Å². The first kappa shape index (κ1) is 18.9. The third kappa shape index (κ3) is 2.61. The van der Waals surface area contributed by atoms with Gasteiger partial charge >= 0.3 is 0 Å². The summed E-state index contributed by atoms with van der Waals surface area (Å²) in [4.78, 5) is 28.1. The van der Waals surface area contributed by atoms with Crippen LogP contribution in [0.4, 0.5) is 5.69 Å². The molecule has 0 aromatic heterocycles. The van der Waals surface area contributed by atoms with Crippen molar-refractivity contribution in [2.45, 2.75) is 43.9 Å². The van der Waals surface area contributed by atoms with Gasteiger partial charge in [-0.1, -0.05) is 12.1 Å². The Morgan fingerprint density at radius 1 is 0.806 bits per heavy atom. The van der Waals surface area contributed by atoms with Crippen molar-refractivity contribution in [3.63, 3.8) is 0 Å². The highest BCUT2D eigenvalue weighted by Crippen LogP contribution is 2.62. The predicted molar refractivity (Wildman–Crippen MR) is 117 cm³/mol. The molecule has 2 amide bonds. The SMILES string of the molecule is COc1cc(N2C(=O)c3ccccc3C2=O)c(C23CC4CC(CC(C4)C2)C3)cc1OC. The van der Waals surface area contributed by atoms with E-state index in [2.05, 4.69) is 0 Å². The highest BCUT2D eigenvalue weighted by Gasteiger charge is 2.53. The molecule has 5 heteroatoms. The van der Waals surface area contributed by atoms with Crippen LogP contribution in [0.3, 0.4) is 0 Å². The molecule has 160 valence electrons. The average Bonchev–Trinajstić information content (AvgIpc) is 3.02. The van der Waals surface area contributed by atoms with E-state index < -0.39 is 0 Å². The van der Waals surface area contributed by atoms with Crippen molar-refractivity contribution in [3.8, 4) is 11.5 Å². The molecule has 31 heavy (non-hydrogen) atoms. The van der Waals surface area contributed by atoms with Crippen LogP contribution in [0.5, 0.6) is 11.5 Å². The van der Waals surface area contributed by atoms with Gasteiger partial charge in [0.25, 0.3) is 11.8 Å². The number of nitrogens with zero attached hydrogens (tertiary/aromatic N) is 1. The Morgan fingerprint density at radius 2 is 1.29 bits per heavy atom. The number of carbonyl (C=O) groups excluding carboxylic acids is 2. The van der Waals surface area contributed by atoms with Gasteiger partial charge in [-0.25, -0.2) is 4.90 Å². The summed E-state index contributed by atoms with van der Waals surface area (Å²) in [6, 6.07) is 11.0. The predicted octanol–water partition coefficient (Wildman–Crippen LogP) is 4.97. The van der Waals surface area contributed by atoms with Gasteiger partial charge in [0.05, 0.1) is 31.0 Å². The van der Waals surface area contributed by atoms with Gasteiger partial charge < -0.3 is 9.47 Å². The van der Waals surface area contributed by atoms with Crippen LogP contribution in [0.25, 0.3) is 0 Å². The summed E-state index contributed by atoms with van der Waals surface area (Å²) in [5, 5.41) is 0. The van der Waals surface area contributed by atoms with Crippen molar-refractivity contribution in [2.24, 2.45) is 17.8 Å². The molecule has 2 aromatic rings. The number of rotatable bonds is 4. The van der Waals surface area contributed by atoms with Gasteiger partial charge in [-0.2, -0.15) is 0 Å². The van der Waals surface area contributed by atoms with E-state index in [1.165, 1.54) is 24.2 Å². The zero-order valence-electron chi connectivity index (χ0n) is 18.0. The molecule has 0 atom stereocenters. The van der Waals surface area contributed by atoms with Crippen LogP contribution >= 0.6 is 0 Å². The molecule has 0 saturated heterocycles. The Labute approximate surface area is 182 Å². The minimum absolute atomic E-state index is 0.00102. The van der Waals surface area contributed by atoms with Gasteiger partial charge in [0, 0.05) is 6.07 Å². The van der Waals surface area contributed by atoms with E-state index in [9.17, 15) is 9.59 Å². The highest BCUT2D eigenvalue weighted by molar-refractivity contribution is 6.34. The first-order chi connectivity index (χ1) is 15.0. The van der Waals surface area contributed by atoms with Crippen LogP contribution in [-0.2, 0) is 5.41 Å². The van der Waals surface area contributed by atoms with E-state index in [-0.39, 0.29) is 17.2 Å². The lowest BCUT2D eigenvalue weighted by Crippen LogP contribution is -2.49. The van der Waals surface area contributed by atoms with E-state index in [1.807, 2.05) is 24.3 Å². The van der Waals surface area contributed by atoms with Crippen LogP contribution in [0, 0.1) is 17.8 Å². The lowest BCUT2D eigenvalue weighted by atomic mass is 9.48. The van der Waals surface area contributed by atoms with E-state index in [0.717, 1.165) is 42.6 Å². The van der Waals surface area contributed by atoms with E-state index >= 15 is 0 Å². The summed E-state index contributed by atoms with van der Waals surface area (Å²) < 4.78 is 11.2. The third-order valence-electron chi connectivity index (χ3n) is 8.15. The lowest BCUT2D eigenvalue weighted by molar-refractivity contribution is -0.00503. The number of fused-ring (bicyclic) bond motifs is 1. The topological polar surface area (TPSA) is 55.8 Å². The number of ether oxygens (including phenoxy) is 2. The van der Waals surface area contributed by atoms with Crippen molar-refractivity contribution in [3.05, 3.63) is 53.1 Å². The van der Waals surface area contributed by atoms with Gasteiger partial charge in [-0.3, -0.25) is 9.59 Å². The molecule has 1 heterocycles. The summed E-state index contributed by atoms with van der Waals surface area (Å²) in [7, 11) is 3.23. The van der Waals surface area contributed by atoms with Crippen LogP contribution in [0.15, 0.2) is 36.4 Å². The van der Waals surface area contributed by atoms with Crippen molar-refractivity contribution in [1.82, 2.24) is 0 Å². The zero-order valence-corrected chi connectivity index (χ0v) is 18.0. The minimum atomic E-state index is -0.251. The summed E-state index contributed by atoms with van der Waals surface area (Å²) >= 11 is 0. The molecular formula is C26H27NO4. The second kappa shape index (κ2) is 6.59. The number of imide groups is 1. The number of hydrogen-bond acceptors (Lipinski definition) is 4. The Morgan fingerprint density at radius 3 is 1.77 bits per heavy atom. The van der Waals surface area contributed by atoms with E-state index in [0.29, 0.717) is 28.3 Å².